The molecule has 2 aromatic carbocycles. The zero-order chi connectivity index (χ0) is 18.4. The summed E-state index contributed by atoms with van der Waals surface area (Å²) in [6, 6.07) is 15.2. The first-order chi connectivity index (χ1) is 12.6. The number of hydrogen-bond donors (Lipinski definition) is 2. The number of anilines is 1. The summed E-state index contributed by atoms with van der Waals surface area (Å²) in [6.07, 6.45) is 2.18. The Morgan fingerprint density at radius 2 is 1.92 bits per heavy atom. The monoisotopic (exact) mass is 415 g/mol. The highest BCUT2D eigenvalue weighted by molar-refractivity contribution is 9.10. The molecule has 5 nitrogen and oxygen atoms in total. The average Bonchev–Trinajstić information content (AvgIpc) is 3.15. The number of ether oxygens (including phenoxy) is 1. The summed E-state index contributed by atoms with van der Waals surface area (Å²) in [4.78, 5) is 17.1. The number of aliphatic imine (C=N–C) groups is 1. The number of halogens is 1. The first-order valence-corrected chi connectivity index (χ1v) is 9.46. The van der Waals surface area contributed by atoms with Crippen LogP contribution in [0.3, 0.4) is 0 Å². The molecule has 6 heteroatoms. The lowest BCUT2D eigenvalue weighted by atomic mass is 10.1. The van der Waals surface area contributed by atoms with Crippen molar-refractivity contribution in [3.63, 3.8) is 0 Å². The summed E-state index contributed by atoms with van der Waals surface area (Å²) >= 11 is 3.42. The molecule has 136 valence electrons. The van der Waals surface area contributed by atoms with Crippen molar-refractivity contribution in [1.82, 2.24) is 5.32 Å². The molecule has 0 unspecified atom stereocenters. The fourth-order valence-corrected chi connectivity index (χ4v) is 2.91. The number of hydrogen-bond acceptors (Lipinski definition) is 3. The van der Waals surface area contributed by atoms with Crippen LogP contribution in [0.15, 0.2) is 58.0 Å². The lowest BCUT2D eigenvalue weighted by Crippen LogP contribution is -2.36. The molecule has 26 heavy (non-hydrogen) atoms. The lowest BCUT2D eigenvalue weighted by molar-refractivity contribution is 0.0975. The number of guanidine groups is 1. The molecular formula is C20H22BrN3O2. The van der Waals surface area contributed by atoms with E-state index in [1.165, 1.54) is 0 Å². The lowest BCUT2D eigenvalue weighted by Gasteiger charge is -2.13. The Hall–Kier alpha value is -2.18. The van der Waals surface area contributed by atoms with Crippen molar-refractivity contribution in [2.24, 2.45) is 4.99 Å². The van der Waals surface area contributed by atoms with Crippen LogP contribution in [0.4, 0.5) is 5.69 Å². The molecule has 0 spiro atoms. The first-order valence-electron chi connectivity index (χ1n) is 8.67. The van der Waals surface area contributed by atoms with E-state index < -0.39 is 0 Å². The molecule has 1 aliphatic rings. The van der Waals surface area contributed by atoms with Gasteiger partial charge in [-0.3, -0.25) is 10.1 Å². The summed E-state index contributed by atoms with van der Waals surface area (Å²) < 4.78 is 6.61. The van der Waals surface area contributed by atoms with Crippen LogP contribution in [-0.4, -0.2) is 31.1 Å². The fourth-order valence-electron chi connectivity index (χ4n) is 2.65. The normalized spacial score (nSPS) is 17.2. The number of nitrogens with one attached hydrogen (secondary N) is 2. The van der Waals surface area contributed by atoms with E-state index in [2.05, 4.69) is 31.6 Å². The molecule has 1 heterocycles. The minimum Gasteiger partial charge on any atom is -0.376 e. The van der Waals surface area contributed by atoms with Crippen LogP contribution >= 0.6 is 15.9 Å². The molecule has 0 radical (unpaired) electrons. The summed E-state index contributed by atoms with van der Waals surface area (Å²) in [6.45, 7) is 3.30. The average molecular weight is 416 g/mol. The fraction of sp³-hybridized carbons (Fsp3) is 0.300. The Morgan fingerprint density at radius 1 is 1.19 bits per heavy atom. The molecule has 0 aliphatic carbocycles. The Labute approximate surface area is 162 Å². The quantitative estimate of drug-likeness (QED) is 0.582. The van der Waals surface area contributed by atoms with Gasteiger partial charge in [-0.05, 0) is 56.2 Å². The maximum atomic E-state index is 12.5. The van der Waals surface area contributed by atoms with E-state index in [0.717, 1.165) is 35.2 Å². The number of rotatable bonds is 4. The van der Waals surface area contributed by atoms with Crippen LogP contribution in [0.5, 0.6) is 0 Å². The summed E-state index contributed by atoms with van der Waals surface area (Å²) in [5.41, 5.74) is 2.56. The van der Waals surface area contributed by atoms with Gasteiger partial charge in [-0.2, -0.15) is 0 Å². The molecule has 1 saturated heterocycles. The van der Waals surface area contributed by atoms with Crippen LogP contribution in [0, 0.1) is 6.92 Å². The molecule has 3 rings (SSSR count). The number of amides is 1. The molecule has 0 aromatic heterocycles. The van der Waals surface area contributed by atoms with Crippen molar-refractivity contribution >= 4 is 33.5 Å². The van der Waals surface area contributed by atoms with Crippen LogP contribution in [0.1, 0.15) is 28.8 Å². The molecule has 2 N–H and O–H groups in total. The van der Waals surface area contributed by atoms with Gasteiger partial charge in [-0.25, -0.2) is 4.99 Å². The third-order valence-corrected chi connectivity index (χ3v) is 4.66. The zero-order valence-corrected chi connectivity index (χ0v) is 16.3. The van der Waals surface area contributed by atoms with E-state index >= 15 is 0 Å². The van der Waals surface area contributed by atoms with E-state index in [9.17, 15) is 4.79 Å². The predicted molar refractivity (Wildman–Crippen MR) is 108 cm³/mol. The second-order valence-corrected chi connectivity index (χ2v) is 7.19. The maximum Gasteiger partial charge on any atom is 0.257 e. The van der Waals surface area contributed by atoms with Gasteiger partial charge in [0.05, 0.1) is 12.6 Å². The van der Waals surface area contributed by atoms with Gasteiger partial charge < -0.3 is 10.1 Å². The number of carbonyl (C=O) groups is 1. The van der Waals surface area contributed by atoms with Crippen LogP contribution < -0.4 is 10.6 Å². The van der Waals surface area contributed by atoms with E-state index in [1.54, 1.807) is 0 Å². The van der Waals surface area contributed by atoms with Gasteiger partial charge in [0, 0.05) is 22.3 Å². The standard InChI is InChI=1S/C20H22BrN3O2/c1-14-4-6-15(7-5-14)19(25)24-20(22-13-18-3-2-12-26-18)23-17-10-8-16(21)9-11-17/h4-11,18H,2-3,12-13H2,1H3,(H2,22,23,24,25)/t18-/m1/s1. The number of carbonyl (C=O) groups excluding carboxylic acids is 1. The second kappa shape index (κ2) is 8.96. The van der Waals surface area contributed by atoms with Crippen molar-refractivity contribution in [3.05, 3.63) is 64.1 Å². The van der Waals surface area contributed by atoms with Gasteiger partial charge in [-0.1, -0.05) is 33.6 Å². The zero-order valence-electron chi connectivity index (χ0n) is 14.7. The largest absolute Gasteiger partial charge is 0.376 e. The first kappa shape index (κ1) is 18.6. The SMILES string of the molecule is Cc1ccc(C(=O)NC(=NC[C@H]2CCCO2)Nc2ccc(Br)cc2)cc1. The van der Waals surface area contributed by atoms with Crippen molar-refractivity contribution in [2.75, 3.05) is 18.5 Å². The molecule has 1 aliphatic heterocycles. The molecule has 0 saturated carbocycles. The summed E-state index contributed by atoms with van der Waals surface area (Å²) in [5.74, 6) is 0.231. The van der Waals surface area contributed by atoms with Gasteiger partial charge in [0.2, 0.25) is 5.96 Å². The molecule has 1 amide bonds. The topological polar surface area (TPSA) is 62.7 Å². The highest BCUT2D eigenvalue weighted by Gasteiger charge is 2.16. The molecular weight excluding hydrogens is 394 g/mol. The number of nitrogens with zero attached hydrogens (tertiary/aromatic N) is 1. The second-order valence-electron chi connectivity index (χ2n) is 6.28. The van der Waals surface area contributed by atoms with E-state index in [0.29, 0.717) is 18.1 Å². The van der Waals surface area contributed by atoms with Crippen molar-refractivity contribution in [2.45, 2.75) is 25.9 Å². The third kappa shape index (κ3) is 5.41. The Balaban J connectivity index is 1.72. The van der Waals surface area contributed by atoms with Gasteiger partial charge in [0.15, 0.2) is 0 Å². The Bertz CT molecular complexity index is 767. The number of aryl methyl sites for hydroxylation is 1. The van der Waals surface area contributed by atoms with Crippen molar-refractivity contribution in [3.8, 4) is 0 Å². The van der Waals surface area contributed by atoms with Crippen LogP contribution in [0.2, 0.25) is 0 Å². The van der Waals surface area contributed by atoms with Crippen molar-refractivity contribution in [1.29, 1.82) is 0 Å². The maximum absolute atomic E-state index is 12.5. The Kier molecular flexibility index (Phi) is 6.41. The van der Waals surface area contributed by atoms with E-state index in [1.807, 2.05) is 55.5 Å². The molecule has 1 atom stereocenters. The van der Waals surface area contributed by atoms with E-state index in [-0.39, 0.29) is 12.0 Å². The van der Waals surface area contributed by atoms with Crippen LogP contribution in [-0.2, 0) is 4.74 Å². The van der Waals surface area contributed by atoms with Gasteiger partial charge in [0.1, 0.15) is 0 Å². The third-order valence-electron chi connectivity index (χ3n) is 4.13. The highest BCUT2D eigenvalue weighted by Crippen LogP contribution is 2.15. The summed E-state index contributed by atoms with van der Waals surface area (Å²) in [7, 11) is 0. The van der Waals surface area contributed by atoms with Gasteiger partial charge in [-0.15, -0.1) is 0 Å². The minimum absolute atomic E-state index is 0.119. The summed E-state index contributed by atoms with van der Waals surface area (Å²) in [5, 5.41) is 6.06. The molecule has 1 fully saturated rings. The molecule has 0 bridgehead atoms. The number of benzene rings is 2. The highest BCUT2D eigenvalue weighted by atomic mass is 79.9. The minimum atomic E-state index is -0.194. The predicted octanol–water partition coefficient (Wildman–Crippen LogP) is 4.13. The molecule has 2 aromatic rings. The van der Waals surface area contributed by atoms with E-state index in [4.69, 9.17) is 4.74 Å². The van der Waals surface area contributed by atoms with Crippen LogP contribution in [0.25, 0.3) is 0 Å². The van der Waals surface area contributed by atoms with Gasteiger partial charge >= 0.3 is 0 Å². The van der Waals surface area contributed by atoms with Crippen molar-refractivity contribution < 1.29 is 9.53 Å². The van der Waals surface area contributed by atoms with Gasteiger partial charge in [0.25, 0.3) is 5.91 Å². The smallest absolute Gasteiger partial charge is 0.257 e. The Morgan fingerprint density at radius 3 is 2.58 bits per heavy atom.